The van der Waals surface area contributed by atoms with Crippen LogP contribution in [0.15, 0.2) is 30.3 Å². The third-order valence-corrected chi connectivity index (χ3v) is 1.23. The molecule has 11 heavy (non-hydrogen) atoms. The summed E-state index contributed by atoms with van der Waals surface area (Å²) in [4.78, 5) is 6.38. The Morgan fingerprint density at radius 2 is 1.55 bits per heavy atom. The van der Waals surface area contributed by atoms with E-state index in [9.17, 15) is 9.05 Å². The first kappa shape index (κ1) is 8.16. The molecule has 0 aliphatic rings. The molecule has 0 bridgehead atoms. The molecule has 0 aliphatic heterocycles. The van der Waals surface area contributed by atoms with Gasteiger partial charge in [0, 0.05) is 0 Å². The average Bonchev–Trinajstić information content (AvgIpc) is 2.09. The molecule has 0 aliphatic carbocycles. The Morgan fingerprint density at radius 1 is 1.00 bits per heavy atom. The van der Waals surface area contributed by atoms with Crippen LogP contribution in [0.5, 0.6) is 0 Å². The molecule has 1 aromatic carbocycles. The van der Waals surface area contributed by atoms with Gasteiger partial charge in [0.1, 0.15) is 0 Å². The van der Waals surface area contributed by atoms with Crippen molar-refractivity contribution in [3.63, 3.8) is 0 Å². The number of hydrogen-bond donors (Lipinski definition) is 0. The van der Waals surface area contributed by atoms with Gasteiger partial charge in [-0.15, -0.1) is 0 Å². The van der Waals surface area contributed by atoms with Crippen molar-refractivity contribution in [1.29, 1.82) is 0 Å². The first-order valence-corrected chi connectivity index (χ1v) is 2.98. The number of rotatable bonds is 3. The van der Waals surface area contributed by atoms with E-state index in [1.807, 2.05) is 0 Å². The monoisotopic (exact) mass is 158 g/mol. The predicted molar refractivity (Wildman–Crippen MR) is 36.2 cm³/mol. The summed E-state index contributed by atoms with van der Waals surface area (Å²) in [6, 6.07) is 7.95. The molecular formula is C6H5BF2O2. The molecule has 0 aromatic heterocycles. The van der Waals surface area contributed by atoms with Crippen molar-refractivity contribution in [2.45, 2.75) is 0 Å². The SMILES string of the molecule is FOB(OF)c1ccccc1. The highest BCUT2D eigenvalue weighted by Crippen LogP contribution is 1.93. The lowest BCUT2D eigenvalue weighted by molar-refractivity contribution is -0.100. The number of benzene rings is 1. The van der Waals surface area contributed by atoms with E-state index >= 15 is 0 Å². The van der Waals surface area contributed by atoms with Crippen LogP contribution >= 0.6 is 0 Å². The Balaban J connectivity index is 2.74. The second-order valence-electron chi connectivity index (χ2n) is 1.92. The molecule has 2 nitrogen and oxygen atoms in total. The van der Waals surface area contributed by atoms with Gasteiger partial charge in [-0.3, -0.25) is 0 Å². The highest BCUT2D eigenvalue weighted by Gasteiger charge is 2.23. The Morgan fingerprint density at radius 3 is 2.00 bits per heavy atom. The Kier molecular flexibility index (Phi) is 3.01. The van der Waals surface area contributed by atoms with Gasteiger partial charge in [-0.2, -0.15) is 0 Å². The topological polar surface area (TPSA) is 18.5 Å². The second kappa shape index (κ2) is 4.05. The molecule has 0 spiro atoms. The standard InChI is InChI=1S/C6H5BF2O2/c8-10-7(11-9)6-4-2-1-3-5-6/h1-5H. The molecule has 1 aromatic rings. The summed E-state index contributed by atoms with van der Waals surface area (Å²) in [5.74, 6) is 0. The zero-order valence-electron chi connectivity index (χ0n) is 5.54. The molecule has 0 unspecified atom stereocenters. The van der Waals surface area contributed by atoms with E-state index < -0.39 is 7.12 Å². The van der Waals surface area contributed by atoms with Gasteiger partial charge in [-0.1, -0.05) is 39.4 Å². The summed E-state index contributed by atoms with van der Waals surface area (Å²) in [5.41, 5.74) is 0.289. The van der Waals surface area contributed by atoms with Crippen molar-refractivity contribution >= 4 is 12.6 Å². The van der Waals surface area contributed by atoms with Crippen molar-refractivity contribution in [3.05, 3.63) is 30.3 Å². The van der Waals surface area contributed by atoms with E-state index in [2.05, 4.69) is 9.72 Å². The minimum atomic E-state index is -1.57. The van der Waals surface area contributed by atoms with Crippen LogP contribution in [-0.2, 0) is 9.72 Å². The Bertz CT molecular complexity index is 203. The van der Waals surface area contributed by atoms with E-state index in [1.54, 1.807) is 18.2 Å². The lowest BCUT2D eigenvalue weighted by atomic mass is 9.80. The van der Waals surface area contributed by atoms with Crippen LogP contribution in [0.3, 0.4) is 0 Å². The molecule has 0 fully saturated rings. The molecule has 0 radical (unpaired) electrons. The van der Waals surface area contributed by atoms with Crippen molar-refractivity contribution in [2.24, 2.45) is 0 Å². The summed E-state index contributed by atoms with van der Waals surface area (Å²) < 4.78 is 23.0. The van der Waals surface area contributed by atoms with Gasteiger partial charge in [-0.25, -0.2) is 9.72 Å². The third kappa shape index (κ3) is 1.99. The average molecular weight is 158 g/mol. The smallest absolute Gasteiger partial charge is 0.214 e. The number of halogens is 2. The van der Waals surface area contributed by atoms with E-state index in [0.29, 0.717) is 0 Å². The maximum atomic E-state index is 11.5. The Hall–Kier alpha value is -0.935. The molecule has 1 rings (SSSR count). The zero-order chi connectivity index (χ0) is 8.10. The zero-order valence-corrected chi connectivity index (χ0v) is 5.54. The highest BCUT2D eigenvalue weighted by molar-refractivity contribution is 6.60. The fraction of sp³-hybridized carbons (Fsp3) is 0. The van der Waals surface area contributed by atoms with Gasteiger partial charge in [0.15, 0.2) is 0 Å². The van der Waals surface area contributed by atoms with Crippen LogP contribution in [0.1, 0.15) is 0 Å². The second-order valence-corrected chi connectivity index (χ2v) is 1.92. The third-order valence-electron chi connectivity index (χ3n) is 1.23. The molecule has 0 saturated heterocycles. The summed E-state index contributed by atoms with van der Waals surface area (Å²) >= 11 is 0. The number of hydrogen-bond acceptors (Lipinski definition) is 2. The van der Waals surface area contributed by atoms with E-state index in [-0.39, 0.29) is 5.46 Å². The van der Waals surface area contributed by atoms with Crippen molar-refractivity contribution in [2.75, 3.05) is 0 Å². The first-order chi connectivity index (χ1) is 5.38. The van der Waals surface area contributed by atoms with Gasteiger partial charge in [-0.05, 0) is 5.46 Å². The Labute approximate surface area is 62.7 Å². The van der Waals surface area contributed by atoms with Gasteiger partial charge in [0.25, 0.3) is 0 Å². The van der Waals surface area contributed by atoms with E-state index in [0.717, 1.165) is 0 Å². The molecule has 0 heterocycles. The minimum absolute atomic E-state index is 0.289. The molecule has 58 valence electrons. The largest absolute Gasteiger partial charge is 0.568 e. The molecule has 0 N–H and O–H groups in total. The molecular weight excluding hydrogens is 153 g/mol. The highest BCUT2D eigenvalue weighted by atomic mass is 19.3. The van der Waals surface area contributed by atoms with E-state index in [1.165, 1.54) is 12.1 Å². The van der Waals surface area contributed by atoms with Crippen LogP contribution < -0.4 is 5.46 Å². The minimum Gasteiger partial charge on any atom is -0.214 e. The summed E-state index contributed by atoms with van der Waals surface area (Å²) in [6.07, 6.45) is 0. The van der Waals surface area contributed by atoms with Crippen molar-refractivity contribution < 1.29 is 18.8 Å². The summed E-state index contributed by atoms with van der Waals surface area (Å²) in [6.45, 7) is 0. The van der Waals surface area contributed by atoms with Crippen LogP contribution in [0.4, 0.5) is 9.05 Å². The fourth-order valence-corrected chi connectivity index (χ4v) is 0.727. The van der Waals surface area contributed by atoms with Crippen LogP contribution in [0.25, 0.3) is 0 Å². The van der Waals surface area contributed by atoms with E-state index in [4.69, 9.17) is 0 Å². The maximum Gasteiger partial charge on any atom is 0.568 e. The van der Waals surface area contributed by atoms with Crippen molar-refractivity contribution in [3.8, 4) is 0 Å². The van der Waals surface area contributed by atoms with Crippen molar-refractivity contribution in [1.82, 2.24) is 0 Å². The van der Waals surface area contributed by atoms with Crippen LogP contribution in [-0.4, -0.2) is 7.12 Å². The van der Waals surface area contributed by atoms with Crippen LogP contribution in [0, 0.1) is 0 Å². The first-order valence-electron chi connectivity index (χ1n) is 2.98. The predicted octanol–water partition coefficient (Wildman–Crippen LogP) is 1.18. The van der Waals surface area contributed by atoms with Gasteiger partial charge >= 0.3 is 7.12 Å². The van der Waals surface area contributed by atoms with Gasteiger partial charge < -0.3 is 0 Å². The maximum absolute atomic E-state index is 11.5. The summed E-state index contributed by atoms with van der Waals surface area (Å²) in [7, 11) is -1.57. The molecule has 5 heteroatoms. The lowest BCUT2D eigenvalue weighted by Gasteiger charge is -1.99. The molecule has 0 amide bonds. The molecule has 0 saturated carbocycles. The lowest BCUT2D eigenvalue weighted by Crippen LogP contribution is -2.31. The normalized spacial score (nSPS) is 9.64. The molecule has 0 atom stereocenters. The fourth-order valence-electron chi connectivity index (χ4n) is 0.727. The van der Waals surface area contributed by atoms with Gasteiger partial charge in [0.05, 0.1) is 0 Å². The summed E-state index contributed by atoms with van der Waals surface area (Å²) in [5, 5.41) is 0. The van der Waals surface area contributed by atoms with Gasteiger partial charge in [0.2, 0.25) is 0 Å². The quantitative estimate of drug-likeness (QED) is 0.614. The van der Waals surface area contributed by atoms with Crippen LogP contribution in [0.2, 0.25) is 0 Å².